The van der Waals surface area contributed by atoms with Gasteiger partial charge >= 0.3 is 0 Å². The summed E-state index contributed by atoms with van der Waals surface area (Å²) in [4.78, 5) is 29.6. The summed E-state index contributed by atoms with van der Waals surface area (Å²) in [5.74, 6) is 0.0322. The minimum Gasteiger partial charge on any atom is -0.349 e. The molecule has 2 amide bonds. The Morgan fingerprint density at radius 3 is 2.69 bits per heavy atom. The van der Waals surface area contributed by atoms with Crippen LogP contribution in [0.15, 0.2) is 30.3 Å². The molecule has 0 saturated heterocycles. The Hall–Kier alpha value is -2.63. The third-order valence-electron chi connectivity index (χ3n) is 4.99. The molecule has 2 aromatic rings. The molecule has 2 aliphatic rings. The summed E-state index contributed by atoms with van der Waals surface area (Å²) >= 11 is 0. The van der Waals surface area contributed by atoms with Gasteiger partial charge in [0.25, 0.3) is 11.8 Å². The number of aromatic nitrogens is 2. The molecule has 1 aliphatic carbocycles. The van der Waals surface area contributed by atoms with E-state index >= 15 is 0 Å². The van der Waals surface area contributed by atoms with E-state index in [1.807, 2.05) is 34.9 Å². The first-order valence-corrected chi connectivity index (χ1v) is 9.45. The van der Waals surface area contributed by atoms with E-state index in [-0.39, 0.29) is 17.9 Å². The Morgan fingerprint density at radius 1 is 1.12 bits per heavy atom. The van der Waals surface area contributed by atoms with E-state index < -0.39 is 0 Å². The van der Waals surface area contributed by atoms with Crippen LogP contribution in [0.3, 0.4) is 0 Å². The van der Waals surface area contributed by atoms with Gasteiger partial charge in [-0.05, 0) is 44.1 Å². The van der Waals surface area contributed by atoms with Crippen LogP contribution in [0.4, 0.5) is 0 Å². The van der Waals surface area contributed by atoms with E-state index in [0.717, 1.165) is 50.8 Å². The lowest BCUT2D eigenvalue weighted by atomic mass is 10.1. The minimum atomic E-state index is -0.199. The SMILES string of the molecule is O=C(NC1CC1)c1nc(C(=O)NCCc2ccccc2)n2c1CCCC2. The second kappa shape index (κ2) is 7.32. The first kappa shape index (κ1) is 16.8. The monoisotopic (exact) mass is 352 g/mol. The fourth-order valence-corrected chi connectivity index (χ4v) is 3.42. The third kappa shape index (κ3) is 3.64. The summed E-state index contributed by atoms with van der Waals surface area (Å²) in [6.07, 6.45) is 5.69. The van der Waals surface area contributed by atoms with Gasteiger partial charge in [0.15, 0.2) is 5.82 Å². The standard InChI is InChI=1S/C20H24N4O2/c25-19(22-15-9-10-15)17-16-8-4-5-13-24(16)18(23-17)20(26)21-12-11-14-6-2-1-3-7-14/h1-3,6-7,15H,4-5,8-13H2,(H,21,26)(H,22,25). The van der Waals surface area contributed by atoms with Gasteiger partial charge < -0.3 is 15.2 Å². The van der Waals surface area contributed by atoms with Crippen molar-refractivity contribution in [3.05, 3.63) is 53.1 Å². The van der Waals surface area contributed by atoms with Crippen LogP contribution in [0.2, 0.25) is 0 Å². The predicted octanol–water partition coefficient (Wildman–Crippen LogP) is 2.08. The van der Waals surface area contributed by atoms with Gasteiger partial charge in [-0.3, -0.25) is 9.59 Å². The van der Waals surface area contributed by atoms with Gasteiger partial charge in [-0.25, -0.2) is 4.98 Å². The van der Waals surface area contributed by atoms with Crippen molar-refractivity contribution < 1.29 is 9.59 Å². The van der Waals surface area contributed by atoms with Crippen LogP contribution in [0.25, 0.3) is 0 Å². The van der Waals surface area contributed by atoms with Crippen LogP contribution in [0.1, 0.15) is 58.0 Å². The Bertz CT molecular complexity index is 809. The molecular formula is C20H24N4O2. The molecule has 1 fully saturated rings. The summed E-state index contributed by atoms with van der Waals surface area (Å²) in [7, 11) is 0. The molecule has 1 saturated carbocycles. The Morgan fingerprint density at radius 2 is 1.92 bits per heavy atom. The topological polar surface area (TPSA) is 76.0 Å². The molecule has 26 heavy (non-hydrogen) atoms. The van der Waals surface area contributed by atoms with E-state index in [9.17, 15) is 9.59 Å². The Labute approximate surface area is 153 Å². The number of benzene rings is 1. The molecule has 0 spiro atoms. The molecule has 0 bridgehead atoms. The minimum absolute atomic E-state index is 0.138. The molecule has 136 valence electrons. The zero-order valence-corrected chi connectivity index (χ0v) is 14.8. The molecule has 1 aromatic carbocycles. The van der Waals surface area contributed by atoms with Gasteiger partial charge in [0.1, 0.15) is 5.69 Å². The fourth-order valence-electron chi connectivity index (χ4n) is 3.42. The average molecular weight is 352 g/mol. The fraction of sp³-hybridized carbons (Fsp3) is 0.450. The number of hydrogen-bond donors (Lipinski definition) is 2. The number of carbonyl (C=O) groups excluding carboxylic acids is 2. The van der Waals surface area contributed by atoms with Crippen molar-refractivity contribution >= 4 is 11.8 Å². The zero-order valence-electron chi connectivity index (χ0n) is 14.8. The van der Waals surface area contributed by atoms with Crippen LogP contribution in [0, 0.1) is 0 Å². The molecule has 0 unspecified atom stereocenters. The zero-order chi connectivity index (χ0) is 17.9. The summed E-state index contributed by atoms with van der Waals surface area (Å²) in [6.45, 7) is 1.30. The van der Waals surface area contributed by atoms with Crippen molar-refractivity contribution in [3.63, 3.8) is 0 Å². The lowest BCUT2D eigenvalue weighted by Gasteiger charge is -2.17. The maximum absolute atomic E-state index is 12.7. The molecule has 1 aliphatic heterocycles. The van der Waals surface area contributed by atoms with Gasteiger partial charge in [0.2, 0.25) is 0 Å². The maximum Gasteiger partial charge on any atom is 0.287 e. The first-order chi connectivity index (χ1) is 12.7. The highest BCUT2D eigenvalue weighted by Crippen LogP contribution is 2.23. The maximum atomic E-state index is 12.7. The molecule has 6 heteroatoms. The van der Waals surface area contributed by atoms with Crippen LogP contribution in [0.5, 0.6) is 0 Å². The molecule has 4 rings (SSSR count). The predicted molar refractivity (Wildman–Crippen MR) is 98.1 cm³/mol. The highest BCUT2D eigenvalue weighted by Gasteiger charge is 2.30. The molecule has 2 N–H and O–H groups in total. The summed E-state index contributed by atoms with van der Waals surface area (Å²) in [5, 5.41) is 5.94. The molecule has 1 aromatic heterocycles. The van der Waals surface area contributed by atoms with E-state index in [0.29, 0.717) is 18.1 Å². The van der Waals surface area contributed by atoms with E-state index in [2.05, 4.69) is 15.6 Å². The van der Waals surface area contributed by atoms with Gasteiger partial charge in [-0.1, -0.05) is 30.3 Å². The van der Waals surface area contributed by atoms with Gasteiger partial charge in [-0.15, -0.1) is 0 Å². The molecule has 0 radical (unpaired) electrons. The second-order valence-corrected chi connectivity index (χ2v) is 7.08. The van der Waals surface area contributed by atoms with Crippen molar-refractivity contribution in [1.29, 1.82) is 0 Å². The van der Waals surface area contributed by atoms with Gasteiger partial charge in [0, 0.05) is 19.1 Å². The second-order valence-electron chi connectivity index (χ2n) is 7.08. The van der Waals surface area contributed by atoms with E-state index in [1.165, 1.54) is 5.56 Å². The van der Waals surface area contributed by atoms with E-state index in [1.54, 1.807) is 0 Å². The van der Waals surface area contributed by atoms with Crippen LogP contribution >= 0.6 is 0 Å². The summed E-state index contributed by atoms with van der Waals surface area (Å²) in [6, 6.07) is 10.3. The van der Waals surface area contributed by atoms with Crippen LogP contribution < -0.4 is 10.6 Å². The van der Waals surface area contributed by atoms with Crippen LogP contribution in [-0.2, 0) is 19.4 Å². The largest absolute Gasteiger partial charge is 0.349 e. The number of fused-ring (bicyclic) bond motifs is 1. The smallest absolute Gasteiger partial charge is 0.287 e. The van der Waals surface area contributed by atoms with Crippen molar-refractivity contribution in [2.24, 2.45) is 0 Å². The number of hydrogen-bond acceptors (Lipinski definition) is 3. The molecular weight excluding hydrogens is 328 g/mol. The lowest BCUT2D eigenvalue weighted by molar-refractivity contribution is 0.0938. The van der Waals surface area contributed by atoms with Crippen molar-refractivity contribution in [2.75, 3.05) is 6.54 Å². The summed E-state index contributed by atoms with van der Waals surface area (Å²) in [5.41, 5.74) is 2.52. The third-order valence-corrected chi connectivity index (χ3v) is 4.99. The number of nitrogens with zero attached hydrogens (tertiary/aromatic N) is 2. The summed E-state index contributed by atoms with van der Waals surface area (Å²) < 4.78 is 1.93. The normalized spacial score (nSPS) is 16.0. The Kier molecular flexibility index (Phi) is 4.73. The molecule has 0 atom stereocenters. The molecule has 6 nitrogen and oxygen atoms in total. The van der Waals surface area contributed by atoms with Crippen molar-refractivity contribution in [2.45, 2.75) is 51.1 Å². The average Bonchev–Trinajstić information content (AvgIpc) is 3.39. The first-order valence-electron chi connectivity index (χ1n) is 9.45. The highest BCUT2D eigenvalue weighted by atomic mass is 16.2. The van der Waals surface area contributed by atoms with Crippen molar-refractivity contribution in [3.8, 4) is 0 Å². The number of nitrogens with one attached hydrogen (secondary N) is 2. The number of imidazole rings is 1. The van der Waals surface area contributed by atoms with E-state index in [4.69, 9.17) is 0 Å². The number of carbonyl (C=O) groups is 2. The van der Waals surface area contributed by atoms with Crippen LogP contribution in [-0.4, -0.2) is 34.0 Å². The highest BCUT2D eigenvalue weighted by molar-refractivity contribution is 5.97. The van der Waals surface area contributed by atoms with Crippen molar-refractivity contribution in [1.82, 2.24) is 20.2 Å². The van der Waals surface area contributed by atoms with Gasteiger partial charge in [0.05, 0.1) is 5.69 Å². The number of rotatable bonds is 6. The number of amides is 2. The molecule has 2 heterocycles. The quantitative estimate of drug-likeness (QED) is 0.836. The lowest BCUT2D eigenvalue weighted by Crippen LogP contribution is -2.29. The Balaban J connectivity index is 1.47. The van der Waals surface area contributed by atoms with Gasteiger partial charge in [-0.2, -0.15) is 0 Å².